The van der Waals surface area contributed by atoms with Crippen LogP contribution in [0.4, 0.5) is 0 Å². The van der Waals surface area contributed by atoms with E-state index in [0.717, 1.165) is 16.8 Å². The first kappa shape index (κ1) is 13.8. The molecule has 3 rings (SSSR count). The van der Waals surface area contributed by atoms with Gasteiger partial charge in [0.05, 0.1) is 11.9 Å². The molecule has 0 atom stereocenters. The Morgan fingerprint density at radius 3 is 2.29 bits per heavy atom. The Morgan fingerprint density at radius 1 is 0.952 bits per heavy atom. The van der Waals surface area contributed by atoms with Crippen LogP contribution in [-0.2, 0) is 7.05 Å². The number of benzene rings is 1. The standard InChI is InChI=1S/C16H15ClN4/c1-10-4-11(2)6-12(5-10)16-19-14(7-15(17)20-16)13-8-18-21(3)9-13/h4-9H,1-3H3. The van der Waals surface area contributed by atoms with Crippen LogP contribution in [0.1, 0.15) is 11.1 Å². The van der Waals surface area contributed by atoms with E-state index in [1.165, 1.54) is 11.1 Å². The molecule has 106 valence electrons. The molecular weight excluding hydrogens is 284 g/mol. The molecule has 0 unspecified atom stereocenters. The lowest BCUT2D eigenvalue weighted by atomic mass is 10.1. The molecule has 0 spiro atoms. The highest BCUT2D eigenvalue weighted by Crippen LogP contribution is 2.25. The van der Waals surface area contributed by atoms with Crippen molar-refractivity contribution in [1.82, 2.24) is 19.7 Å². The fourth-order valence-electron chi connectivity index (χ4n) is 2.35. The van der Waals surface area contributed by atoms with Crippen molar-refractivity contribution in [3.05, 3.63) is 52.9 Å². The number of nitrogens with zero attached hydrogens (tertiary/aromatic N) is 4. The monoisotopic (exact) mass is 298 g/mol. The molecule has 0 radical (unpaired) electrons. The first-order chi connectivity index (χ1) is 10.0. The van der Waals surface area contributed by atoms with E-state index in [0.29, 0.717) is 11.0 Å². The molecule has 0 fully saturated rings. The average Bonchev–Trinajstić information content (AvgIpc) is 2.83. The maximum atomic E-state index is 6.16. The van der Waals surface area contributed by atoms with E-state index >= 15 is 0 Å². The molecule has 0 aliphatic rings. The van der Waals surface area contributed by atoms with E-state index in [4.69, 9.17) is 11.6 Å². The van der Waals surface area contributed by atoms with Crippen LogP contribution < -0.4 is 0 Å². The zero-order chi connectivity index (χ0) is 15.0. The van der Waals surface area contributed by atoms with Crippen LogP contribution in [0.15, 0.2) is 36.7 Å². The van der Waals surface area contributed by atoms with E-state index in [-0.39, 0.29) is 0 Å². The lowest BCUT2D eigenvalue weighted by Gasteiger charge is -2.06. The summed E-state index contributed by atoms with van der Waals surface area (Å²) in [6.07, 6.45) is 3.67. The summed E-state index contributed by atoms with van der Waals surface area (Å²) in [5, 5.41) is 4.60. The van der Waals surface area contributed by atoms with Gasteiger partial charge in [0.25, 0.3) is 0 Å². The molecule has 21 heavy (non-hydrogen) atoms. The summed E-state index contributed by atoms with van der Waals surface area (Å²) in [6, 6.07) is 8.00. The van der Waals surface area contributed by atoms with Gasteiger partial charge >= 0.3 is 0 Å². The molecule has 0 aliphatic heterocycles. The summed E-state index contributed by atoms with van der Waals surface area (Å²) in [5.74, 6) is 0.633. The summed E-state index contributed by atoms with van der Waals surface area (Å²) < 4.78 is 1.74. The Labute approximate surface area is 128 Å². The van der Waals surface area contributed by atoms with E-state index < -0.39 is 0 Å². The quantitative estimate of drug-likeness (QED) is 0.676. The summed E-state index contributed by atoms with van der Waals surface area (Å²) >= 11 is 6.16. The van der Waals surface area contributed by atoms with Crippen molar-refractivity contribution < 1.29 is 0 Å². The van der Waals surface area contributed by atoms with Crippen LogP contribution in [-0.4, -0.2) is 19.7 Å². The van der Waals surface area contributed by atoms with Gasteiger partial charge in [-0.25, -0.2) is 9.97 Å². The van der Waals surface area contributed by atoms with Gasteiger partial charge in [0.15, 0.2) is 5.82 Å². The highest BCUT2D eigenvalue weighted by molar-refractivity contribution is 6.29. The third kappa shape index (κ3) is 2.95. The fraction of sp³-hybridized carbons (Fsp3) is 0.188. The maximum Gasteiger partial charge on any atom is 0.161 e. The van der Waals surface area contributed by atoms with Crippen molar-refractivity contribution in [3.63, 3.8) is 0 Å². The second kappa shape index (κ2) is 5.30. The molecule has 0 N–H and O–H groups in total. The lowest BCUT2D eigenvalue weighted by Crippen LogP contribution is -1.94. The van der Waals surface area contributed by atoms with Crippen LogP contribution >= 0.6 is 11.6 Å². The summed E-state index contributed by atoms with van der Waals surface area (Å²) in [5.41, 5.74) is 5.03. The molecule has 4 nitrogen and oxygen atoms in total. The Kier molecular flexibility index (Phi) is 3.47. The van der Waals surface area contributed by atoms with Gasteiger partial charge in [-0.15, -0.1) is 0 Å². The summed E-state index contributed by atoms with van der Waals surface area (Å²) in [6.45, 7) is 4.12. The van der Waals surface area contributed by atoms with Gasteiger partial charge in [-0.05, 0) is 26.0 Å². The minimum atomic E-state index is 0.429. The molecule has 5 heteroatoms. The maximum absolute atomic E-state index is 6.16. The molecule has 3 aromatic rings. The highest BCUT2D eigenvalue weighted by Gasteiger charge is 2.09. The molecule has 0 bridgehead atoms. The number of halogens is 1. The molecule has 2 aromatic heterocycles. The Balaban J connectivity index is 2.13. The van der Waals surface area contributed by atoms with Crippen molar-refractivity contribution in [2.45, 2.75) is 13.8 Å². The van der Waals surface area contributed by atoms with Crippen molar-refractivity contribution in [2.24, 2.45) is 7.05 Å². The van der Waals surface area contributed by atoms with Crippen molar-refractivity contribution in [2.75, 3.05) is 0 Å². The molecule has 0 amide bonds. The molecule has 0 saturated heterocycles. The first-order valence-electron chi connectivity index (χ1n) is 6.63. The van der Waals surface area contributed by atoms with Gasteiger partial charge in [0, 0.05) is 30.4 Å². The molecule has 1 aromatic carbocycles. The smallest absolute Gasteiger partial charge is 0.161 e. The Bertz CT molecular complexity index is 788. The zero-order valence-corrected chi connectivity index (χ0v) is 12.9. The van der Waals surface area contributed by atoms with E-state index in [1.807, 2.05) is 13.2 Å². The van der Waals surface area contributed by atoms with E-state index in [2.05, 4.69) is 47.1 Å². The average molecular weight is 299 g/mol. The zero-order valence-electron chi connectivity index (χ0n) is 12.1. The largest absolute Gasteiger partial charge is 0.275 e. The van der Waals surface area contributed by atoms with Crippen LogP contribution in [0.25, 0.3) is 22.6 Å². The second-order valence-corrected chi connectivity index (χ2v) is 5.57. The van der Waals surface area contributed by atoms with Gasteiger partial charge in [-0.2, -0.15) is 5.10 Å². The third-order valence-corrected chi connectivity index (χ3v) is 3.37. The van der Waals surface area contributed by atoms with Gasteiger partial charge in [0.1, 0.15) is 5.15 Å². The van der Waals surface area contributed by atoms with Gasteiger partial charge in [0.2, 0.25) is 0 Å². The number of aromatic nitrogens is 4. The molecule has 2 heterocycles. The van der Waals surface area contributed by atoms with Gasteiger partial charge in [-0.3, -0.25) is 4.68 Å². The van der Waals surface area contributed by atoms with Gasteiger partial charge < -0.3 is 0 Å². The molecule has 0 aliphatic carbocycles. The first-order valence-corrected chi connectivity index (χ1v) is 7.01. The topological polar surface area (TPSA) is 43.6 Å². The van der Waals surface area contributed by atoms with E-state index in [1.54, 1.807) is 16.9 Å². The molecular formula is C16H15ClN4. The SMILES string of the molecule is Cc1cc(C)cc(-c2nc(Cl)cc(-c3cnn(C)c3)n2)c1. The minimum Gasteiger partial charge on any atom is -0.275 e. The Hall–Kier alpha value is -2.20. The highest BCUT2D eigenvalue weighted by atomic mass is 35.5. The van der Waals surface area contributed by atoms with E-state index in [9.17, 15) is 0 Å². The predicted octanol–water partition coefficient (Wildman–Crippen LogP) is 3.81. The number of hydrogen-bond donors (Lipinski definition) is 0. The van der Waals surface area contributed by atoms with Gasteiger partial charge in [-0.1, -0.05) is 28.8 Å². The van der Waals surface area contributed by atoms with Crippen LogP contribution in [0.2, 0.25) is 5.15 Å². The number of aryl methyl sites for hydroxylation is 3. The van der Waals surface area contributed by atoms with Crippen LogP contribution in [0.5, 0.6) is 0 Å². The molecule has 0 saturated carbocycles. The van der Waals surface area contributed by atoms with Crippen molar-refractivity contribution >= 4 is 11.6 Å². The third-order valence-electron chi connectivity index (χ3n) is 3.18. The van der Waals surface area contributed by atoms with Crippen LogP contribution in [0, 0.1) is 13.8 Å². The van der Waals surface area contributed by atoms with Crippen LogP contribution in [0.3, 0.4) is 0 Å². The second-order valence-electron chi connectivity index (χ2n) is 5.18. The summed E-state index contributed by atoms with van der Waals surface area (Å²) in [7, 11) is 1.87. The predicted molar refractivity (Wildman–Crippen MR) is 84.2 cm³/mol. The fourth-order valence-corrected chi connectivity index (χ4v) is 2.54. The minimum absolute atomic E-state index is 0.429. The Morgan fingerprint density at radius 2 is 1.67 bits per heavy atom. The lowest BCUT2D eigenvalue weighted by molar-refractivity contribution is 0.768. The number of rotatable bonds is 2. The normalized spacial score (nSPS) is 10.9. The van der Waals surface area contributed by atoms with Crippen molar-refractivity contribution in [1.29, 1.82) is 0 Å². The number of hydrogen-bond acceptors (Lipinski definition) is 3. The summed E-state index contributed by atoms with van der Waals surface area (Å²) in [4.78, 5) is 8.97. The van der Waals surface area contributed by atoms with Crippen molar-refractivity contribution in [3.8, 4) is 22.6 Å².